The Balaban J connectivity index is 0.00000441. The molecule has 1 rings (SSSR count). The van der Waals surface area contributed by atoms with Crippen LogP contribution in [-0.4, -0.2) is 44.0 Å². The van der Waals surface area contributed by atoms with E-state index in [1.165, 1.54) is 0 Å². The van der Waals surface area contributed by atoms with Crippen molar-refractivity contribution in [2.24, 2.45) is 5.73 Å². The Morgan fingerprint density at radius 3 is 2.50 bits per heavy atom. The van der Waals surface area contributed by atoms with Crippen molar-refractivity contribution in [3.63, 3.8) is 0 Å². The van der Waals surface area contributed by atoms with Crippen LogP contribution in [0.15, 0.2) is 24.3 Å². The first kappa shape index (κ1) is 20.2. The van der Waals surface area contributed by atoms with Crippen molar-refractivity contribution in [1.29, 1.82) is 0 Å². The van der Waals surface area contributed by atoms with Crippen molar-refractivity contribution >= 4 is 24.3 Å². The van der Waals surface area contributed by atoms with Crippen molar-refractivity contribution in [2.45, 2.75) is 19.4 Å². The van der Waals surface area contributed by atoms with Gasteiger partial charge in [-0.1, -0.05) is 24.3 Å². The van der Waals surface area contributed by atoms with Gasteiger partial charge in [0, 0.05) is 20.1 Å². The summed E-state index contributed by atoms with van der Waals surface area (Å²) in [6.45, 7) is 3.28. The molecule has 0 fully saturated rings. The second kappa shape index (κ2) is 10.0. The Bertz CT molecular complexity index is 496. The van der Waals surface area contributed by atoms with Crippen molar-refractivity contribution in [3.8, 4) is 0 Å². The Morgan fingerprint density at radius 2 is 1.95 bits per heavy atom. The van der Waals surface area contributed by atoms with E-state index in [2.05, 4.69) is 10.6 Å². The van der Waals surface area contributed by atoms with Gasteiger partial charge in [0.15, 0.2) is 0 Å². The van der Waals surface area contributed by atoms with E-state index in [1.807, 2.05) is 38.2 Å². The van der Waals surface area contributed by atoms with E-state index in [0.717, 1.165) is 17.7 Å². The summed E-state index contributed by atoms with van der Waals surface area (Å²) in [5, 5.41) is 5.65. The van der Waals surface area contributed by atoms with Gasteiger partial charge in [-0.15, -0.1) is 12.4 Å². The lowest BCUT2D eigenvalue weighted by Crippen LogP contribution is -2.39. The molecule has 0 bridgehead atoms. The zero-order chi connectivity index (χ0) is 15.8. The molecule has 0 saturated heterocycles. The standard InChI is InChI=1S/C15H24N4O2.ClH/c1-11-6-4-5-7-12(11)13(18-15(16)21)10-14(20)19(3)9-8-17-2;/h4-7,13,17H,8-10H2,1-3H3,(H3,16,18,21);1H. The number of nitrogens with one attached hydrogen (secondary N) is 2. The molecule has 124 valence electrons. The molecule has 1 atom stereocenters. The summed E-state index contributed by atoms with van der Waals surface area (Å²) >= 11 is 0. The predicted molar refractivity (Wildman–Crippen MR) is 90.1 cm³/mol. The van der Waals surface area contributed by atoms with Crippen molar-refractivity contribution < 1.29 is 9.59 Å². The lowest BCUT2D eigenvalue weighted by atomic mass is 9.98. The van der Waals surface area contributed by atoms with Crippen LogP contribution < -0.4 is 16.4 Å². The highest BCUT2D eigenvalue weighted by Gasteiger charge is 2.20. The maximum atomic E-state index is 12.2. The van der Waals surface area contributed by atoms with E-state index in [-0.39, 0.29) is 24.7 Å². The summed E-state index contributed by atoms with van der Waals surface area (Å²) in [6.07, 6.45) is 0.188. The van der Waals surface area contributed by atoms with E-state index in [0.29, 0.717) is 6.54 Å². The number of amides is 3. The molecule has 0 aliphatic carbocycles. The molecule has 1 unspecified atom stereocenters. The molecular weight excluding hydrogens is 304 g/mol. The van der Waals surface area contributed by atoms with Gasteiger partial charge in [0.25, 0.3) is 0 Å². The number of aryl methyl sites for hydroxylation is 1. The number of hydrogen-bond acceptors (Lipinski definition) is 3. The number of halogens is 1. The molecule has 22 heavy (non-hydrogen) atoms. The van der Waals surface area contributed by atoms with Gasteiger partial charge < -0.3 is 21.3 Å². The van der Waals surface area contributed by atoms with Crippen LogP contribution in [0.4, 0.5) is 4.79 Å². The zero-order valence-electron chi connectivity index (χ0n) is 13.3. The van der Waals surface area contributed by atoms with Crippen LogP contribution in [0.3, 0.4) is 0 Å². The van der Waals surface area contributed by atoms with Crippen LogP contribution in [0, 0.1) is 6.92 Å². The van der Waals surface area contributed by atoms with E-state index in [4.69, 9.17) is 5.73 Å². The number of urea groups is 1. The SMILES string of the molecule is CNCCN(C)C(=O)CC(NC(N)=O)c1ccccc1C.Cl. The van der Waals surface area contributed by atoms with E-state index < -0.39 is 12.1 Å². The minimum absolute atomic E-state index is 0. The van der Waals surface area contributed by atoms with E-state index in [9.17, 15) is 9.59 Å². The van der Waals surface area contributed by atoms with Gasteiger partial charge >= 0.3 is 6.03 Å². The van der Waals surface area contributed by atoms with Crippen LogP contribution in [-0.2, 0) is 4.79 Å². The lowest BCUT2D eigenvalue weighted by Gasteiger charge is -2.23. The third-order valence-electron chi connectivity index (χ3n) is 3.38. The number of carbonyl (C=O) groups excluding carboxylic acids is 2. The number of carbonyl (C=O) groups is 2. The largest absolute Gasteiger partial charge is 0.352 e. The Hall–Kier alpha value is -1.79. The molecule has 7 heteroatoms. The molecule has 0 radical (unpaired) electrons. The van der Waals surface area contributed by atoms with Gasteiger partial charge in [0.2, 0.25) is 5.91 Å². The fourth-order valence-electron chi connectivity index (χ4n) is 2.12. The molecule has 4 N–H and O–H groups in total. The number of hydrogen-bond donors (Lipinski definition) is 3. The molecule has 0 saturated carbocycles. The highest BCUT2D eigenvalue weighted by Crippen LogP contribution is 2.21. The summed E-state index contributed by atoms with van der Waals surface area (Å²) in [7, 11) is 3.59. The zero-order valence-corrected chi connectivity index (χ0v) is 14.1. The summed E-state index contributed by atoms with van der Waals surface area (Å²) in [5.41, 5.74) is 7.15. The van der Waals surface area contributed by atoms with Crippen LogP contribution >= 0.6 is 12.4 Å². The summed E-state index contributed by atoms with van der Waals surface area (Å²) in [5.74, 6) is -0.0350. The Kier molecular flexibility index (Phi) is 9.21. The molecular formula is C15H25ClN4O2. The quantitative estimate of drug-likeness (QED) is 0.702. The van der Waals surface area contributed by atoms with Crippen molar-refractivity contribution in [2.75, 3.05) is 27.2 Å². The Labute approximate surface area is 137 Å². The maximum absolute atomic E-state index is 12.2. The van der Waals surface area contributed by atoms with Crippen molar-refractivity contribution in [3.05, 3.63) is 35.4 Å². The molecule has 6 nitrogen and oxygen atoms in total. The van der Waals surface area contributed by atoms with Gasteiger partial charge in [0.05, 0.1) is 12.5 Å². The number of primary amides is 1. The average molecular weight is 329 g/mol. The van der Waals surface area contributed by atoms with E-state index in [1.54, 1.807) is 11.9 Å². The van der Waals surface area contributed by atoms with Gasteiger partial charge in [-0.3, -0.25) is 4.79 Å². The number of rotatable bonds is 7. The fourth-order valence-corrected chi connectivity index (χ4v) is 2.12. The first-order valence-corrected chi connectivity index (χ1v) is 6.95. The molecule has 0 spiro atoms. The minimum atomic E-state index is -0.631. The monoisotopic (exact) mass is 328 g/mol. The van der Waals surface area contributed by atoms with Gasteiger partial charge in [-0.2, -0.15) is 0 Å². The van der Waals surface area contributed by atoms with Gasteiger partial charge in [-0.25, -0.2) is 4.79 Å². The molecule has 1 aromatic rings. The summed E-state index contributed by atoms with van der Waals surface area (Å²) < 4.78 is 0. The number of benzene rings is 1. The third-order valence-corrected chi connectivity index (χ3v) is 3.38. The van der Waals surface area contributed by atoms with Crippen LogP contribution in [0.1, 0.15) is 23.6 Å². The minimum Gasteiger partial charge on any atom is -0.352 e. The van der Waals surface area contributed by atoms with Crippen LogP contribution in [0.2, 0.25) is 0 Å². The summed E-state index contributed by atoms with van der Waals surface area (Å²) in [4.78, 5) is 25.1. The predicted octanol–water partition coefficient (Wildman–Crippen LogP) is 1.19. The topological polar surface area (TPSA) is 87.5 Å². The highest BCUT2D eigenvalue weighted by molar-refractivity contribution is 5.85. The van der Waals surface area contributed by atoms with Crippen LogP contribution in [0.5, 0.6) is 0 Å². The molecule has 0 aliphatic heterocycles. The lowest BCUT2D eigenvalue weighted by molar-refractivity contribution is -0.130. The molecule has 3 amide bonds. The second-order valence-electron chi connectivity index (χ2n) is 5.04. The Morgan fingerprint density at radius 1 is 1.32 bits per heavy atom. The number of nitrogens with zero attached hydrogens (tertiary/aromatic N) is 1. The molecule has 0 aromatic heterocycles. The number of nitrogens with two attached hydrogens (primary N) is 1. The third kappa shape index (κ3) is 6.32. The average Bonchev–Trinajstić information content (AvgIpc) is 2.44. The number of likely N-dealkylation sites (N-methyl/N-ethyl adjacent to an activating group) is 2. The fraction of sp³-hybridized carbons (Fsp3) is 0.467. The smallest absolute Gasteiger partial charge is 0.312 e. The maximum Gasteiger partial charge on any atom is 0.312 e. The highest BCUT2D eigenvalue weighted by atomic mass is 35.5. The first-order valence-electron chi connectivity index (χ1n) is 6.95. The van der Waals surface area contributed by atoms with Crippen LogP contribution in [0.25, 0.3) is 0 Å². The first-order chi connectivity index (χ1) is 9.95. The summed E-state index contributed by atoms with van der Waals surface area (Å²) in [6, 6.07) is 6.60. The molecule has 1 aromatic carbocycles. The van der Waals surface area contributed by atoms with Gasteiger partial charge in [0.1, 0.15) is 0 Å². The van der Waals surface area contributed by atoms with E-state index >= 15 is 0 Å². The normalized spacial score (nSPS) is 11.2. The van der Waals surface area contributed by atoms with Gasteiger partial charge in [-0.05, 0) is 25.1 Å². The molecule has 0 aliphatic rings. The second-order valence-corrected chi connectivity index (χ2v) is 5.04. The van der Waals surface area contributed by atoms with Crippen molar-refractivity contribution in [1.82, 2.24) is 15.5 Å². The molecule has 0 heterocycles.